The van der Waals surface area contributed by atoms with Gasteiger partial charge in [0.1, 0.15) is 0 Å². The zero-order valence-electron chi connectivity index (χ0n) is 14.8. The molecule has 2 rings (SSSR count). The molecule has 7 heteroatoms. The SMILES string of the molecule is CC(NC(=O)c1ccccc1SCC(=O)N(C)C)c1cccc(Cl)c1Cl. The van der Waals surface area contributed by atoms with Gasteiger partial charge in [-0.2, -0.15) is 0 Å². The normalized spacial score (nSPS) is 11.7. The number of nitrogens with zero attached hydrogens (tertiary/aromatic N) is 1. The Morgan fingerprint density at radius 3 is 2.50 bits per heavy atom. The highest BCUT2D eigenvalue weighted by atomic mass is 35.5. The van der Waals surface area contributed by atoms with Crippen molar-refractivity contribution >= 4 is 46.8 Å². The predicted octanol–water partition coefficient (Wildman–Crippen LogP) is 4.66. The second-order valence-electron chi connectivity index (χ2n) is 5.91. The summed E-state index contributed by atoms with van der Waals surface area (Å²) in [5.41, 5.74) is 1.27. The van der Waals surface area contributed by atoms with Crippen LogP contribution < -0.4 is 5.32 Å². The number of carbonyl (C=O) groups excluding carboxylic acids is 2. The minimum absolute atomic E-state index is 0.00992. The first kappa shape index (κ1) is 20.6. The average Bonchev–Trinajstić information content (AvgIpc) is 2.61. The molecule has 0 bridgehead atoms. The summed E-state index contributed by atoms with van der Waals surface area (Å²) in [6.07, 6.45) is 0. The van der Waals surface area contributed by atoms with Gasteiger partial charge in [-0.3, -0.25) is 9.59 Å². The summed E-state index contributed by atoms with van der Waals surface area (Å²) >= 11 is 13.6. The summed E-state index contributed by atoms with van der Waals surface area (Å²) in [6.45, 7) is 1.85. The summed E-state index contributed by atoms with van der Waals surface area (Å²) < 4.78 is 0. The Kier molecular flexibility index (Phi) is 7.38. The van der Waals surface area contributed by atoms with Gasteiger partial charge in [-0.1, -0.05) is 47.5 Å². The van der Waals surface area contributed by atoms with Crippen LogP contribution in [0.4, 0.5) is 0 Å². The fourth-order valence-corrected chi connectivity index (χ4v) is 3.76. The highest BCUT2D eigenvalue weighted by Gasteiger charge is 2.18. The van der Waals surface area contributed by atoms with E-state index in [2.05, 4.69) is 5.32 Å². The van der Waals surface area contributed by atoms with Gasteiger partial charge >= 0.3 is 0 Å². The van der Waals surface area contributed by atoms with Crippen LogP contribution >= 0.6 is 35.0 Å². The van der Waals surface area contributed by atoms with Gasteiger partial charge in [-0.15, -0.1) is 11.8 Å². The fraction of sp³-hybridized carbons (Fsp3) is 0.263. The Balaban J connectivity index is 2.14. The first-order chi connectivity index (χ1) is 12.3. The topological polar surface area (TPSA) is 49.4 Å². The van der Waals surface area contributed by atoms with E-state index in [1.165, 1.54) is 16.7 Å². The van der Waals surface area contributed by atoms with Crippen molar-refractivity contribution in [1.82, 2.24) is 10.2 Å². The quantitative estimate of drug-likeness (QED) is 0.704. The molecule has 138 valence electrons. The molecule has 0 saturated carbocycles. The summed E-state index contributed by atoms with van der Waals surface area (Å²) in [7, 11) is 3.41. The molecule has 1 unspecified atom stereocenters. The van der Waals surface area contributed by atoms with Crippen molar-refractivity contribution in [2.24, 2.45) is 0 Å². The molecule has 0 spiro atoms. The van der Waals surface area contributed by atoms with Crippen LogP contribution in [0.3, 0.4) is 0 Å². The fourth-order valence-electron chi connectivity index (χ4n) is 2.26. The molecular formula is C19H20Cl2N2O2S. The molecule has 0 aliphatic heterocycles. The Bertz CT molecular complexity index is 812. The maximum absolute atomic E-state index is 12.7. The number of hydrogen-bond donors (Lipinski definition) is 1. The van der Waals surface area contributed by atoms with Crippen LogP contribution in [0.15, 0.2) is 47.4 Å². The van der Waals surface area contributed by atoms with E-state index in [0.717, 1.165) is 10.5 Å². The zero-order chi connectivity index (χ0) is 19.3. The molecule has 2 amide bonds. The summed E-state index contributed by atoms with van der Waals surface area (Å²) in [5, 5.41) is 3.82. The minimum atomic E-state index is -0.310. The number of amides is 2. The van der Waals surface area contributed by atoms with Gasteiger partial charge in [0.2, 0.25) is 5.91 Å². The number of nitrogens with one attached hydrogen (secondary N) is 1. The lowest BCUT2D eigenvalue weighted by Crippen LogP contribution is -2.27. The van der Waals surface area contributed by atoms with E-state index in [0.29, 0.717) is 15.6 Å². The van der Waals surface area contributed by atoms with Gasteiger partial charge < -0.3 is 10.2 Å². The monoisotopic (exact) mass is 410 g/mol. The molecule has 26 heavy (non-hydrogen) atoms. The largest absolute Gasteiger partial charge is 0.348 e. The van der Waals surface area contributed by atoms with Gasteiger partial charge in [-0.25, -0.2) is 0 Å². The zero-order valence-corrected chi connectivity index (χ0v) is 17.1. The molecule has 1 atom stereocenters. The smallest absolute Gasteiger partial charge is 0.252 e. The van der Waals surface area contributed by atoms with E-state index in [1.54, 1.807) is 38.4 Å². The first-order valence-electron chi connectivity index (χ1n) is 7.98. The van der Waals surface area contributed by atoms with E-state index >= 15 is 0 Å². The van der Waals surface area contributed by atoms with Crippen LogP contribution in [0.5, 0.6) is 0 Å². The molecule has 4 nitrogen and oxygen atoms in total. The lowest BCUT2D eigenvalue weighted by Gasteiger charge is -2.18. The number of halogens is 2. The Hall–Kier alpha value is -1.69. The van der Waals surface area contributed by atoms with Crippen molar-refractivity contribution < 1.29 is 9.59 Å². The van der Waals surface area contributed by atoms with Gasteiger partial charge in [-0.05, 0) is 30.7 Å². The van der Waals surface area contributed by atoms with E-state index in [1.807, 2.05) is 25.1 Å². The molecule has 0 fully saturated rings. The summed E-state index contributed by atoms with van der Waals surface area (Å²) in [5.74, 6) is 0.0331. The standard InChI is InChI=1S/C19H20Cl2N2O2S/c1-12(13-8-6-9-15(20)18(13)21)22-19(25)14-7-4-5-10-16(14)26-11-17(24)23(2)3/h4-10,12H,11H2,1-3H3,(H,22,25). The van der Waals surface area contributed by atoms with Crippen molar-refractivity contribution in [2.75, 3.05) is 19.8 Å². The molecule has 0 radical (unpaired) electrons. The van der Waals surface area contributed by atoms with Crippen molar-refractivity contribution in [3.63, 3.8) is 0 Å². The van der Waals surface area contributed by atoms with Crippen LogP contribution in [-0.2, 0) is 4.79 Å². The first-order valence-corrected chi connectivity index (χ1v) is 9.72. The molecule has 0 aliphatic rings. The van der Waals surface area contributed by atoms with E-state index < -0.39 is 0 Å². The van der Waals surface area contributed by atoms with Gasteiger partial charge in [0.15, 0.2) is 0 Å². The number of thioether (sulfide) groups is 1. The predicted molar refractivity (Wildman–Crippen MR) is 108 cm³/mol. The second kappa shape index (κ2) is 9.31. The van der Waals surface area contributed by atoms with Crippen molar-refractivity contribution in [1.29, 1.82) is 0 Å². The van der Waals surface area contributed by atoms with Gasteiger partial charge in [0.25, 0.3) is 5.91 Å². The average molecular weight is 411 g/mol. The lowest BCUT2D eigenvalue weighted by molar-refractivity contribution is -0.125. The summed E-state index contributed by atoms with van der Waals surface area (Å²) in [6, 6.07) is 12.2. The van der Waals surface area contributed by atoms with Crippen LogP contribution in [0, 0.1) is 0 Å². The Labute approximate surface area is 167 Å². The van der Waals surface area contributed by atoms with Crippen LogP contribution in [0.1, 0.15) is 28.9 Å². The third kappa shape index (κ3) is 5.16. The Morgan fingerprint density at radius 2 is 1.81 bits per heavy atom. The maximum atomic E-state index is 12.7. The van der Waals surface area contributed by atoms with Crippen molar-refractivity contribution in [2.45, 2.75) is 17.9 Å². The third-order valence-corrected chi connectivity index (χ3v) is 5.67. The molecule has 0 heterocycles. The van der Waals surface area contributed by atoms with E-state index in [4.69, 9.17) is 23.2 Å². The van der Waals surface area contributed by atoms with Crippen LogP contribution in [0.2, 0.25) is 10.0 Å². The Morgan fingerprint density at radius 1 is 1.12 bits per heavy atom. The molecule has 0 aromatic heterocycles. The van der Waals surface area contributed by atoms with Crippen molar-refractivity contribution in [3.05, 3.63) is 63.6 Å². The van der Waals surface area contributed by atoms with Gasteiger partial charge in [0, 0.05) is 19.0 Å². The molecule has 2 aromatic carbocycles. The minimum Gasteiger partial charge on any atom is -0.348 e. The molecule has 0 aliphatic carbocycles. The molecule has 1 N–H and O–H groups in total. The van der Waals surface area contributed by atoms with Crippen molar-refractivity contribution in [3.8, 4) is 0 Å². The molecular weight excluding hydrogens is 391 g/mol. The third-order valence-electron chi connectivity index (χ3n) is 3.78. The highest BCUT2D eigenvalue weighted by Crippen LogP contribution is 2.30. The summed E-state index contributed by atoms with van der Waals surface area (Å²) in [4.78, 5) is 26.8. The molecule has 0 saturated heterocycles. The van der Waals surface area contributed by atoms with Crippen LogP contribution in [0.25, 0.3) is 0 Å². The number of carbonyl (C=O) groups is 2. The molecule has 2 aromatic rings. The number of rotatable bonds is 6. The lowest BCUT2D eigenvalue weighted by atomic mass is 10.1. The van der Waals surface area contributed by atoms with Crippen LogP contribution in [-0.4, -0.2) is 36.6 Å². The second-order valence-corrected chi connectivity index (χ2v) is 7.71. The van der Waals surface area contributed by atoms with E-state index in [9.17, 15) is 9.59 Å². The van der Waals surface area contributed by atoms with Gasteiger partial charge in [0.05, 0.1) is 27.4 Å². The maximum Gasteiger partial charge on any atom is 0.252 e. The highest BCUT2D eigenvalue weighted by molar-refractivity contribution is 8.00. The number of benzene rings is 2. The number of hydrogen-bond acceptors (Lipinski definition) is 3. The van der Waals surface area contributed by atoms with E-state index in [-0.39, 0.29) is 23.6 Å².